The molecule has 0 unspecified atom stereocenters. The van der Waals surface area contributed by atoms with Crippen LogP contribution in [-0.4, -0.2) is 32.4 Å². The molecule has 6 rings (SSSR count). The Balaban J connectivity index is 1.23. The van der Waals surface area contributed by atoms with Crippen molar-refractivity contribution in [2.24, 2.45) is 0 Å². The summed E-state index contributed by atoms with van der Waals surface area (Å²) in [6.07, 6.45) is 1.34. The van der Waals surface area contributed by atoms with E-state index >= 15 is 0 Å². The number of hydrogen-bond donors (Lipinski definition) is 2. The molecule has 3 aliphatic rings. The maximum Gasteiger partial charge on any atom is 0.416 e. The van der Waals surface area contributed by atoms with Gasteiger partial charge in [-0.2, -0.15) is 13.2 Å². The van der Waals surface area contributed by atoms with Gasteiger partial charge in [0.2, 0.25) is 0 Å². The number of rotatable bonds is 5. The second-order valence-electron chi connectivity index (χ2n) is 10.7. The van der Waals surface area contributed by atoms with Gasteiger partial charge in [0.25, 0.3) is 11.5 Å². The Bertz CT molecular complexity index is 1540. The SMILES string of the molecule is O=C([C@H](O)c1cccc(C(F)(F)F)c1)N1CCc2nc(C3(c4cccc(C5=CCCC5)c4)CC3)[nH]c(=O)c2C1. The quantitative estimate of drug-likeness (QED) is 0.479. The highest BCUT2D eigenvalue weighted by Gasteiger charge is 2.49. The van der Waals surface area contributed by atoms with Crippen molar-refractivity contribution in [1.29, 1.82) is 0 Å². The number of carbonyl (C=O) groups excluding carboxylic acids is 1. The van der Waals surface area contributed by atoms with Crippen LogP contribution in [0.1, 0.15) is 77.5 Å². The van der Waals surface area contributed by atoms with E-state index in [9.17, 15) is 27.9 Å². The number of H-pyrrole nitrogens is 1. The summed E-state index contributed by atoms with van der Waals surface area (Å²) in [4.78, 5) is 35.3. The third kappa shape index (κ3) is 4.69. The first-order chi connectivity index (χ1) is 18.7. The molecule has 1 atom stereocenters. The van der Waals surface area contributed by atoms with Crippen LogP contribution in [0.2, 0.25) is 0 Å². The van der Waals surface area contributed by atoms with Crippen LogP contribution in [0.15, 0.2) is 59.4 Å². The minimum atomic E-state index is -4.59. The molecule has 2 aliphatic carbocycles. The molecule has 6 nitrogen and oxygen atoms in total. The van der Waals surface area contributed by atoms with Gasteiger partial charge in [-0.05, 0) is 66.5 Å². The largest absolute Gasteiger partial charge is 0.416 e. The topological polar surface area (TPSA) is 86.3 Å². The van der Waals surface area contributed by atoms with E-state index in [2.05, 4.69) is 35.3 Å². The summed E-state index contributed by atoms with van der Waals surface area (Å²) in [5.41, 5.74) is 2.91. The molecule has 2 heterocycles. The number of nitrogens with one attached hydrogen (secondary N) is 1. The van der Waals surface area contributed by atoms with Crippen LogP contribution in [0, 0.1) is 0 Å². The van der Waals surface area contributed by atoms with Gasteiger partial charge in [-0.3, -0.25) is 9.59 Å². The lowest BCUT2D eigenvalue weighted by molar-refractivity contribution is -0.142. The minimum Gasteiger partial charge on any atom is -0.378 e. The third-order valence-electron chi connectivity index (χ3n) is 8.17. The fourth-order valence-corrected chi connectivity index (χ4v) is 5.78. The van der Waals surface area contributed by atoms with E-state index in [0.717, 1.165) is 49.4 Å². The first-order valence-corrected chi connectivity index (χ1v) is 13.2. The van der Waals surface area contributed by atoms with Crippen molar-refractivity contribution in [2.45, 2.75) is 62.8 Å². The van der Waals surface area contributed by atoms with Crippen molar-refractivity contribution < 1.29 is 23.1 Å². The van der Waals surface area contributed by atoms with E-state index in [0.29, 0.717) is 23.5 Å². The highest BCUT2D eigenvalue weighted by Crippen LogP contribution is 2.52. The smallest absolute Gasteiger partial charge is 0.378 e. The summed E-state index contributed by atoms with van der Waals surface area (Å²) in [5.74, 6) is -0.118. The summed E-state index contributed by atoms with van der Waals surface area (Å²) in [7, 11) is 0. The van der Waals surface area contributed by atoms with Gasteiger partial charge in [0.15, 0.2) is 6.10 Å². The van der Waals surface area contributed by atoms with Gasteiger partial charge in [0.05, 0.1) is 28.8 Å². The Morgan fingerprint density at radius 1 is 1.10 bits per heavy atom. The second-order valence-corrected chi connectivity index (χ2v) is 10.7. The van der Waals surface area contributed by atoms with E-state index in [1.807, 2.05) is 0 Å². The van der Waals surface area contributed by atoms with Crippen molar-refractivity contribution >= 4 is 11.5 Å². The van der Waals surface area contributed by atoms with Gasteiger partial charge in [-0.15, -0.1) is 0 Å². The number of carbonyl (C=O) groups is 1. The van der Waals surface area contributed by atoms with Gasteiger partial charge in [0.1, 0.15) is 5.82 Å². The molecule has 9 heteroatoms. The zero-order valence-corrected chi connectivity index (χ0v) is 21.2. The fourth-order valence-electron chi connectivity index (χ4n) is 5.78. The number of aromatic nitrogens is 2. The van der Waals surface area contributed by atoms with E-state index < -0.39 is 23.8 Å². The molecule has 39 heavy (non-hydrogen) atoms. The maximum absolute atomic E-state index is 13.2. The van der Waals surface area contributed by atoms with Crippen LogP contribution in [0.4, 0.5) is 13.2 Å². The predicted octanol–water partition coefficient (Wildman–Crippen LogP) is 5.05. The first-order valence-electron chi connectivity index (χ1n) is 13.2. The third-order valence-corrected chi connectivity index (χ3v) is 8.17. The minimum absolute atomic E-state index is 0.0660. The molecule has 202 valence electrons. The molecule has 2 aromatic carbocycles. The van der Waals surface area contributed by atoms with Crippen LogP contribution >= 0.6 is 0 Å². The molecule has 0 radical (unpaired) electrons. The second kappa shape index (κ2) is 9.48. The molecule has 0 bridgehead atoms. The van der Waals surface area contributed by atoms with E-state index in [4.69, 9.17) is 4.98 Å². The van der Waals surface area contributed by atoms with Crippen molar-refractivity contribution in [2.75, 3.05) is 6.54 Å². The summed E-state index contributed by atoms with van der Waals surface area (Å²) in [6, 6.07) is 12.6. The molecule has 0 spiro atoms. The Morgan fingerprint density at radius 2 is 1.90 bits per heavy atom. The van der Waals surface area contributed by atoms with Crippen LogP contribution < -0.4 is 5.56 Å². The van der Waals surface area contributed by atoms with E-state index in [1.54, 1.807) is 0 Å². The van der Waals surface area contributed by atoms with Crippen molar-refractivity contribution in [1.82, 2.24) is 14.9 Å². The molecule has 1 aromatic heterocycles. The lowest BCUT2D eigenvalue weighted by atomic mass is 9.91. The number of alkyl halides is 3. The molecule has 1 aliphatic heterocycles. The number of fused-ring (bicyclic) bond motifs is 1. The van der Waals surface area contributed by atoms with Gasteiger partial charge in [-0.1, -0.05) is 42.5 Å². The van der Waals surface area contributed by atoms with Crippen molar-refractivity contribution in [3.05, 3.63) is 104 Å². The normalized spacial score (nSPS) is 18.9. The Labute approximate surface area is 223 Å². The van der Waals surface area contributed by atoms with Crippen molar-refractivity contribution in [3.63, 3.8) is 0 Å². The highest BCUT2D eigenvalue weighted by atomic mass is 19.4. The summed E-state index contributed by atoms with van der Waals surface area (Å²) >= 11 is 0. The molecule has 2 N–H and O–H groups in total. The van der Waals surface area contributed by atoms with Crippen molar-refractivity contribution in [3.8, 4) is 0 Å². The lowest BCUT2D eigenvalue weighted by Crippen LogP contribution is -2.42. The van der Waals surface area contributed by atoms with Crippen LogP contribution in [0.25, 0.3) is 5.57 Å². The molecule has 1 fully saturated rings. The maximum atomic E-state index is 13.2. The summed E-state index contributed by atoms with van der Waals surface area (Å²) in [6.45, 7) is 0.137. The van der Waals surface area contributed by atoms with E-state index in [1.165, 1.54) is 28.5 Å². The fraction of sp³-hybridized carbons (Fsp3) is 0.367. The Hall–Kier alpha value is -3.72. The monoisotopic (exact) mass is 535 g/mol. The number of hydrogen-bond acceptors (Lipinski definition) is 4. The average Bonchev–Trinajstić information content (AvgIpc) is 3.57. The Kier molecular flexibility index (Phi) is 6.21. The number of allylic oxidation sites excluding steroid dienone is 2. The number of aliphatic hydroxyl groups excluding tert-OH is 1. The van der Waals surface area contributed by atoms with Crippen LogP contribution in [0.3, 0.4) is 0 Å². The zero-order chi connectivity index (χ0) is 27.4. The zero-order valence-electron chi connectivity index (χ0n) is 21.2. The molecule has 1 amide bonds. The number of aliphatic hydroxyl groups is 1. The number of amides is 1. The average molecular weight is 536 g/mol. The van der Waals surface area contributed by atoms with Crippen LogP contribution in [-0.2, 0) is 29.4 Å². The molecule has 1 saturated carbocycles. The number of nitrogens with zero attached hydrogens (tertiary/aromatic N) is 2. The molecular weight excluding hydrogens is 507 g/mol. The first kappa shape index (κ1) is 25.6. The standard InChI is InChI=1S/C30H28F3N3O3/c31-30(32,33)22-10-4-8-20(16-22)25(37)27(39)36-14-11-24-23(17-36)26(38)35-28(34-24)29(12-13-29)21-9-3-7-19(15-21)18-5-1-2-6-18/h3-5,7-10,15-16,25,37H,1-2,6,11-14,17H2,(H,34,35,38)/t25-/m1/s1. The van der Waals surface area contributed by atoms with Gasteiger partial charge < -0.3 is 15.0 Å². The van der Waals surface area contributed by atoms with Gasteiger partial charge in [-0.25, -0.2) is 4.98 Å². The number of benzene rings is 2. The summed E-state index contributed by atoms with van der Waals surface area (Å²) in [5, 5.41) is 10.6. The van der Waals surface area contributed by atoms with Crippen LogP contribution in [0.5, 0.6) is 0 Å². The van der Waals surface area contributed by atoms with E-state index in [-0.39, 0.29) is 29.6 Å². The molecular formula is C30H28F3N3O3. The number of halogens is 3. The summed E-state index contributed by atoms with van der Waals surface area (Å²) < 4.78 is 39.3. The number of aromatic amines is 1. The predicted molar refractivity (Wildman–Crippen MR) is 139 cm³/mol. The molecule has 0 saturated heterocycles. The Morgan fingerprint density at radius 3 is 2.62 bits per heavy atom. The van der Waals surface area contributed by atoms with Gasteiger partial charge >= 0.3 is 6.18 Å². The van der Waals surface area contributed by atoms with Gasteiger partial charge in [0, 0.05) is 13.0 Å². The molecule has 3 aromatic rings. The lowest BCUT2D eigenvalue weighted by Gasteiger charge is -2.30. The highest BCUT2D eigenvalue weighted by molar-refractivity contribution is 5.82.